The first-order valence-corrected chi connectivity index (χ1v) is 11.5. The Hall–Kier alpha value is -2.64. The third kappa shape index (κ3) is 7.17. The Labute approximate surface area is 204 Å². The third-order valence-electron chi connectivity index (χ3n) is 5.28. The van der Waals surface area contributed by atoms with Crippen LogP contribution >= 0.6 is 23.2 Å². The average molecular weight is 487 g/mol. The van der Waals surface area contributed by atoms with Crippen LogP contribution in [0.25, 0.3) is 10.8 Å². The molecule has 174 valence electrons. The third-order valence-corrected chi connectivity index (χ3v) is 5.72. The van der Waals surface area contributed by atoms with E-state index in [1.165, 1.54) is 0 Å². The van der Waals surface area contributed by atoms with Crippen molar-refractivity contribution in [2.24, 2.45) is 5.73 Å². The lowest BCUT2D eigenvalue weighted by molar-refractivity contribution is -0.132. The van der Waals surface area contributed by atoms with Crippen LogP contribution in [0.4, 0.5) is 0 Å². The number of carbonyl (C=O) groups excluding carboxylic acids is 2. The molecule has 0 aliphatic heterocycles. The van der Waals surface area contributed by atoms with E-state index in [9.17, 15) is 9.59 Å². The Morgan fingerprint density at radius 1 is 0.970 bits per heavy atom. The first kappa shape index (κ1) is 25.0. The molecule has 3 aromatic rings. The van der Waals surface area contributed by atoms with Crippen molar-refractivity contribution < 1.29 is 9.59 Å². The van der Waals surface area contributed by atoms with Gasteiger partial charge in [0.15, 0.2) is 0 Å². The highest BCUT2D eigenvalue weighted by Gasteiger charge is 2.21. The van der Waals surface area contributed by atoms with E-state index in [0.717, 1.165) is 16.3 Å². The molecule has 0 unspecified atom stereocenters. The molecule has 0 saturated carbocycles. The fraction of sp³-hybridized carbons (Fsp3) is 0.280. The summed E-state index contributed by atoms with van der Waals surface area (Å²) in [6.45, 7) is 1.56. The smallest absolute Gasteiger partial charge is 0.251 e. The van der Waals surface area contributed by atoms with Crippen LogP contribution in [0.2, 0.25) is 10.0 Å². The van der Waals surface area contributed by atoms with Gasteiger partial charge in [0.2, 0.25) is 5.91 Å². The van der Waals surface area contributed by atoms with Gasteiger partial charge in [-0.2, -0.15) is 0 Å². The fourth-order valence-electron chi connectivity index (χ4n) is 3.65. The normalized spacial score (nSPS) is 11.9. The predicted octanol–water partition coefficient (Wildman–Crippen LogP) is 3.84. The Morgan fingerprint density at radius 2 is 1.67 bits per heavy atom. The zero-order chi connectivity index (χ0) is 23.8. The maximum absolute atomic E-state index is 12.9. The van der Waals surface area contributed by atoms with E-state index < -0.39 is 6.04 Å². The van der Waals surface area contributed by atoms with E-state index in [1.807, 2.05) is 42.5 Å². The molecule has 0 radical (unpaired) electrons. The van der Waals surface area contributed by atoms with E-state index in [2.05, 4.69) is 10.6 Å². The number of amides is 2. The molecule has 33 heavy (non-hydrogen) atoms. The first-order valence-electron chi connectivity index (χ1n) is 10.8. The Morgan fingerprint density at radius 3 is 2.36 bits per heavy atom. The van der Waals surface area contributed by atoms with Gasteiger partial charge in [-0.25, -0.2) is 0 Å². The van der Waals surface area contributed by atoms with Crippen molar-refractivity contribution >= 4 is 45.8 Å². The molecule has 0 heterocycles. The molecule has 0 fully saturated rings. The summed E-state index contributed by atoms with van der Waals surface area (Å²) in [5.74, 6) is -0.239. The molecular formula is C25H28Cl2N4O2. The molecule has 3 rings (SSSR count). The van der Waals surface area contributed by atoms with Crippen LogP contribution in [0.1, 0.15) is 22.3 Å². The number of hydrogen-bond acceptors (Lipinski definition) is 4. The second kappa shape index (κ2) is 12.0. The molecular weight excluding hydrogens is 459 g/mol. The lowest BCUT2D eigenvalue weighted by atomic mass is 10.1. The van der Waals surface area contributed by atoms with Crippen LogP contribution in [-0.4, -0.2) is 49.4 Å². The highest BCUT2D eigenvalue weighted by Crippen LogP contribution is 2.20. The monoisotopic (exact) mass is 486 g/mol. The summed E-state index contributed by atoms with van der Waals surface area (Å²) >= 11 is 12.1. The number of carbonyl (C=O) groups is 2. The minimum absolute atomic E-state index is 0.0857. The lowest BCUT2D eigenvalue weighted by Gasteiger charge is -2.25. The standard InChI is InChI=1S/C25H28Cl2N4O2/c1-31(16-17-12-21(26)15-22(27)13-17)25(33)23(8-9-28)29-10-11-30-24(32)20-7-6-18-4-2-3-5-19(18)14-20/h2-7,12-15,23,29H,8-11,16,28H2,1H3,(H,30,32)/t23-/m0/s1. The van der Waals surface area contributed by atoms with E-state index in [1.54, 1.807) is 30.1 Å². The van der Waals surface area contributed by atoms with Crippen LogP contribution < -0.4 is 16.4 Å². The maximum Gasteiger partial charge on any atom is 0.251 e. The second-order valence-corrected chi connectivity index (χ2v) is 8.75. The Balaban J connectivity index is 1.51. The van der Waals surface area contributed by atoms with Crippen molar-refractivity contribution in [2.45, 2.75) is 19.0 Å². The van der Waals surface area contributed by atoms with Crippen LogP contribution in [0.3, 0.4) is 0 Å². The van der Waals surface area contributed by atoms with Crippen molar-refractivity contribution in [3.05, 3.63) is 81.8 Å². The van der Waals surface area contributed by atoms with Gasteiger partial charge in [0, 0.05) is 42.3 Å². The van der Waals surface area contributed by atoms with Crippen molar-refractivity contribution in [2.75, 3.05) is 26.7 Å². The number of benzene rings is 3. The quantitative estimate of drug-likeness (QED) is 0.380. The number of halogens is 2. The molecule has 0 saturated heterocycles. The topological polar surface area (TPSA) is 87.5 Å². The number of rotatable bonds is 10. The summed E-state index contributed by atoms with van der Waals surface area (Å²) in [4.78, 5) is 27.1. The maximum atomic E-state index is 12.9. The van der Waals surface area contributed by atoms with Gasteiger partial charge in [0.05, 0.1) is 6.04 Å². The highest BCUT2D eigenvalue weighted by molar-refractivity contribution is 6.34. The van der Waals surface area contributed by atoms with Crippen molar-refractivity contribution in [3.8, 4) is 0 Å². The van der Waals surface area contributed by atoms with Gasteiger partial charge in [-0.1, -0.05) is 53.5 Å². The molecule has 2 amide bonds. The van der Waals surface area contributed by atoms with Crippen LogP contribution in [0.15, 0.2) is 60.7 Å². The molecule has 1 atom stereocenters. The van der Waals surface area contributed by atoms with Crippen LogP contribution in [0, 0.1) is 0 Å². The zero-order valence-electron chi connectivity index (χ0n) is 18.5. The molecule has 6 nitrogen and oxygen atoms in total. The minimum atomic E-state index is -0.452. The van der Waals surface area contributed by atoms with Crippen molar-refractivity contribution in [1.29, 1.82) is 0 Å². The Bertz CT molecular complexity index is 1100. The SMILES string of the molecule is CN(Cc1cc(Cl)cc(Cl)c1)C(=O)[C@H](CCN)NCCNC(=O)c1ccc2ccccc2c1. The number of nitrogens with zero attached hydrogens (tertiary/aromatic N) is 1. The van der Waals surface area contributed by atoms with E-state index in [4.69, 9.17) is 28.9 Å². The number of fused-ring (bicyclic) bond motifs is 1. The van der Waals surface area contributed by atoms with Gasteiger partial charge in [0.25, 0.3) is 5.91 Å². The summed E-state index contributed by atoms with van der Waals surface area (Å²) in [6.07, 6.45) is 0.484. The van der Waals surface area contributed by atoms with E-state index in [0.29, 0.717) is 48.2 Å². The number of nitrogens with two attached hydrogens (primary N) is 1. The first-order chi connectivity index (χ1) is 15.9. The minimum Gasteiger partial charge on any atom is -0.351 e. The molecule has 0 aliphatic carbocycles. The highest BCUT2D eigenvalue weighted by atomic mass is 35.5. The van der Waals surface area contributed by atoms with E-state index in [-0.39, 0.29) is 11.8 Å². The molecule has 0 aromatic heterocycles. The molecule has 0 spiro atoms. The number of likely N-dealkylation sites (N-methyl/N-ethyl adjacent to an activating group) is 1. The summed E-state index contributed by atoms with van der Waals surface area (Å²) in [5.41, 5.74) is 7.16. The molecule has 3 aromatic carbocycles. The number of nitrogens with one attached hydrogen (secondary N) is 2. The molecule has 8 heteroatoms. The second-order valence-electron chi connectivity index (χ2n) is 7.87. The van der Waals surface area contributed by atoms with Gasteiger partial charge in [-0.15, -0.1) is 0 Å². The largest absolute Gasteiger partial charge is 0.351 e. The lowest BCUT2D eigenvalue weighted by Crippen LogP contribution is -2.47. The average Bonchev–Trinajstić information content (AvgIpc) is 2.79. The van der Waals surface area contributed by atoms with Crippen LogP contribution in [0.5, 0.6) is 0 Å². The van der Waals surface area contributed by atoms with Crippen molar-refractivity contribution in [3.63, 3.8) is 0 Å². The fourth-order valence-corrected chi connectivity index (χ4v) is 4.23. The van der Waals surface area contributed by atoms with Gasteiger partial charge in [0.1, 0.15) is 0 Å². The van der Waals surface area contributed by atoms with Gasteiger partial charge in [-0.05, 0) is 59.6 Å². The summed E-state index contributed by atoms with van der Waals surface area (Å²) in [7, 11) is 1.73. The predicted molar refractivity (Wildman–Crippen MR) is 135 cm³/mol. The van der Waals surface area contributed by atoms with Crippen molar-refractivity contribution in [1.82, 2.24) is 15.5 Å². The van der Waals surface area contributed by atoms with Gasteiger partial charge in [-0.3, -0.25) is 9.59 Å². The van der Waals surface area contributed by atoms with Gasteiger partial charge >= 0.3 is 0 Å². The van der Waals surface area contributed by atoms with Crippen LogP contribution in [-0.2, 0) is 11.3 Å². The van der Waals surface area contributed by atoms with Gasteiger partial charge < -0.3 is 21.3 Å². The van der Waals surface area contributed by atoms with E-state index >= 15 is 0 Å². The number of hydrogen-bond donors (Lipinski definition) is 3. The summed E-state index contributed by atoms with van der Waals surface area (Å²) in [6, 6.07) is 18.3. The zero-order valence-corrected chi connectivity index (χ0v) is 20.0. The molecule has 0 bridgehead atoms. The molecule has 4 N–H and O–H groups in total. The molecule has 0 aliphatic rings. The Kier molecular flexibility index (Phi) is 9.09. The summed E-state index contributed by atoms with van der Waals surface area (Å²) in [5, 5.41) is 9.25. The summed E-state index contributed by atoms with van der Waals surface area (Å²) < 4.78 is 0.